The Bertz CT molecular complexity index is 1810. The molecule has 4 aliphatic rings. The molecule has 234 valence electrons. The summed E-state index contributed by atoms with van der Waals surface area (Å²) in [5.74, 6) is -0.801. The molecule has 12 heteroatoms. The summed E-state index contributed by atoms with van der Waals surface area (Å²) in [4.78, 5) is 21.4. The summed E-state index contributed by atoms with van der Waals surface area (Å²) in [5.41, 5.74) is 2.95. The van der Waals surface area contributed by atoms with Crippen LogP contribution in [0, 0.1) is 5.82 Å². The number of benzene rings is 3. The number of rotatable bonds is 7. The van der Waals surface area contributed by atoms with Crippen LogP contribution in [0.25, 0.3) is 11.0 Å². The molecule has 1 aromatic heterocycles. The molecule has 0 spiro atoms. The van der Waals surface area contributed by atoms with Crippen molar-refractivity contribution in [2.75, 3.05) is 37.8 Å². The number of ether oxygens (including phenoxy) is 4. The van der Waals surface area contributed by atoms with Crippen LogP contribution >= 0.6 is 11.6 Å². The molecule has 5 heterocycles. The van der Waals surface area contributed by atoms with Crippen LogP contribution < -0.4 is 14.4 Å². The molecule has 10 nitrogen and oxygen atoms in total. The fourth-order valence-electron chi connectivity index (χ4n) is 6.99. The van der Waals surface area contributed by atoms with Gasteiger partial charge in [-0.2, -0.15) is 0 Å². The highest BCUT2D eigenvalue weighted by molar-refractivity contribution is 6.30. The summed E-state index contributed by atoms with van der Waals surface area (Å²) in [5, 5.41) is 9.92. The van der Waals surface area contributed by atoms with E-state index in [1.807, 2.05) is 18.2 Å². The lowest BCUT2D eigenvalue weighted by Crippen LogP contribution is -2.59. The number of fused-ring (bicyclic) bond motifs is 3. The van der Waals surface area contributed by atoms with E-state index in [1.165, 1.54) is 6.07 Å². The van der Waals surface area contributed by atoms with E-state index in [4.69, 9.17) is 35.5 Å². The van der Waals surface area contributed by atoms with Gasteiger partial charge in [0.2, 0.25) is 0 Å². The predicted octanol–water partition coefficient (Wildman–Crippen LogP) is 5.05. The highest BCUT2D eigenvalue weighted by Crippen LogP contribution is 2.51. The zero-order valence-corrected chi connectivity index (χ0v) is 25.4. The van der Waals surface area contributed by atoms with Crippen LogP contribution in [0.1, 0.15) is 35.1 Å². The molecule has 45 heavy (non-hydrogen) atoms. The van der Waals surface area contributed by atoms with Gasteiger partial charge in [-0.3, -0.25) is 4.90 Å². The molecule has 3 saturated heterocycles. The molecule has 4 aliphatic heterocycles. The van der Waals surface area contributed by atoms with Gasteiger partial charge in [0.05, 0.1) is 72.3 Å². The average molecular weight is 635 g/mol. The van der Waals surface area contributed by atoms with E-state index in [-0.39, 0.29) is 29.3 Å². The largest absolute Gasteiger partial charge is 0.478 e. The van der Waals surface area contributed by atoms with Crippen LogP contribution in [0.4, 0.5) is 10.1 Å². The molecule has 3 fully saturated rings. The number of halogens is 2. The summed E-state index contributed by atoms with van der Waals surface area (Å²) in [7, 11) is 0. The SMILES string of the molecule is C[C@@]1(c2ccc(Cl)cc2F)Oc2cccc(N3CCN(Cc4nc5ccc(C(=O)O)cc5n4C[C@@H]4CCO4)[C@@H]4COC[C@@H]43)c2O1. The predicted molar refractivity (Wildman–Crippen MR) is 164 cm³/mol. The molecule has 0 amide bonds. The quantitative estimate of drug-likeness (QED) is 0.300. The minimum atomic E-state index is -1.34. The van der Waals surface area contributed by atoms with Crippen molar-refractivity contribution in [3.63, 3.8) is 0 Å². The number of carboxylic acid groups (broad SMARTS) is 1. The van der Waals surface area contributed by atoms with Gasteiger partial charge in [-0.05, 0) is 55.0 Å². The van der Waals surface area contributed by atoms with Crippen molar-refractivity contribution in [2.24, 2.45) is 0 Å². The first-order valence-electron chi connectivity index (χ1n) is 15.2. The lowest BCUT2D eigenvalue weighted by atomic mass is 10.0. The van der Waals surface area contributed by atoms with Gasteiger partial charge in [0.1, 0.15) is 11.6 Å². The first-order chi connectivity index (χ1) is 21.8. The number of nitrogens with zero attached hydrogens (tertiary/aromatic N) is 4. The van der Waals surface area contributed by atoms with Crippen LogP contribution in [0.5, 0.6) is 11.5 Å². The highest BCUT2D eigenvalue weighted by Gasteiger charge is 2.46. The van der Waals surface area contributed by atoms with Crippen molar-refractivity contribution < 1.29 is 33.2 Å². The van der Waals surface area contributed by atoms with Gasteiger partial charge in [-0.25, -0.2) is 14.2 Å². The number of aromatic carboxylic acids is 1. The van der Waals surface area contributed by atoms with Gasteiger partial charge in [0, 0.05) is 31.6 Å². The average Bonchev–Trinajstić information content (AvgIpc) is 3.70. The van der Waals surface area contributed by atoms with Crippen LogP contribution in [0.15, 0.2) is 54.6 Å². The topological polar surface area (TPSA) is 98.5 Å². The number of carboxylic acids is 1. The highest BCUT2D eigenvalue weighted by atomic mass is 35.5. The summed E-state index contributed by atoms with van der Waals surface area (Å²) >= 11 is 6.00. The fraction of sp³-hybridized carbons (Fsp3) is 0.394. The molecule has 0 radical (unpaired) electrons. The smallest absolute Gasteiger partial charge is 0.335 e. The van der Waals surface area contributed by atoms with E-state index in [0.717, 1.165) is 42.1 Å². The Kier molecular flexibility index (Phi) is 6.90. The standard InChI is InChI=1S/C33H32ClFN4O6/c1-33(22-7-6-20(34)14-23(22)35)44-29-4-2-3-25(31(29)45-33)38-11-10-37(27-17-42-18-28(27)38)16-30-36-24-8-5-19(32(40)41)13-26(24)39(30)15-21-9-12-43-21/h2-8,13-14,21,27-28H,9-12,15-18H2,1H3,(H,40,41)/t21-,27+,28-,33+/m0/s1. The number of anilines is 1. The van der Waals surface area contributed by atoms with Crippen LogP contribution in [0.3, 0.4) is 0 Å². The second-order valence-corrected chi connectivity index (χ2v) is 12.6. The molecular formula is C33H32ClFN4O6. The molecule has 8 rings (SSSR count). The Hall–Kier alpha value is -3.90. The van der Waals surface area contributed by atoms with Crippen molar-refractivity contribution in [3.05, 3.63) is 82.4 Å². The Morgan fingerprint density at radius 1 is 1.11 bits per heavy atom. The maximum Gasteiger partial charge on any atom is 0.335 e. The monoisotopic (exact) mass is 634 g/mol. The number of hydrogen-bond acceptors (Lipinski definition) is 8. The van der Waals surface area contributed by atoms with Gasteiger partial charge in [0.25, 0.3) is 5.79 Å². The number of aromatic nitrogens is 2. The second-order valence-electron chi connectivity index (χ2n) is 12.1. The molecule has 0 aliphatic carbocycles. The van der Waals surface area contributed by atoms with Crippen LogP contribution in [-0.2, 0) is 28.4 Å². The minimum absolute atomic E-state index is 0.0411. The first-order valence-corrected chi connectivity index (χ1v) is 15.5. The van der Waals surface area contributed by atoms with Crippen molar-refractivity contribution in [3.8, 4) is 11.5 Å². The lowest BCUT2D eigenvalue weighted by Gasteiger charge is -2.44. The zero-order chi connectivity index (χ0) is 30.9. The van der Waals surface area contributed by atoms with Gasteiger partial charge >= 0.3 is 5.97 Å². The van der Waals surface area contributed by atoms with Crippen LogP contribution in [-0.4, -0.2) is 76.6 Å². The van der Waals surface area contributed by atoms with E-state index >= 15 is 0 Å². The molecule has 3 aromatic carbocycles. The molecule has 1 N–H and O–H groups in total. The van der Waals surface area contributed by atoms with E-state index in [1.54, 1.807) is 37.3 Å². The maximum absolute atomic E-state index is 15.0. The van der Waals surface area contributed by atoms with Gasteiger partial charge in [0.15, 0.2) is 11.5 Å². The summed E-state index contributed by atoms with van der Waals surface area (Å²) in [6.07, 6.45) is 1.05. The fourth-order valence-corrected chi connectivity index (χ4v) is 7.15. The number of imidazole rings is 1. The maximum atomic E-state index is 15.0. The molecule has 4 atom stereocenters. The molecule has 0 saturated carbocycles. The van der Waals surface area contributed by atoms with Gasteiger partial charge in [-0.1, -0.05) is 17.7 Å². The number of carbonyl (C=O) groups is 1. The summed E-state index contributed by atoms with van der Waals surface area (Å²) in [6, 6.07) is 15.5. The van der Waals surface area contributed by atoms with Crippen molar-refractivity contribution in [1.29, 1.82) is 0 Å². The Balaban J connectivity index is 1.07. The third-order valence-electron chi connectivity index (χ3n) is 9.41. The van der Waals surface area contributed by atoms with Crippen molar-refractivity contribution in [1.82, 2.24) is 14.5 Å². The number of para-hydroxylation sites is 1. The van der Waals surface area contributed by atoms with E-state index in [0.29, 0.717) is 49.4 Å². The molecule has 0 unspecified atom stereocenters. The van der Waals surface area contributed by atoms with Crippen LogP contribution in [0.2, 0.25) is 5.02 Å². The normalized spacial score (nSPS) is 25.8. The molecule has 4 aromatic rings. The van der Waals surface area contributed by atoms with E-state index in [9.17, 15) is 14.3 Å². The van der Waals surface area contributed by atoms with Crippen molar-refractivity contribution >= 4 is 34.3 Å². The minimum Gasteiger partial charge on any atom is -0.478 e. The third kappa shape index (κ3) is 4.89. The first kappa shape index (κ1) is 28.6. The van der Waals surface area contributed by atoms with Gasteiger partial charge in [-0.15, -0.1) is 0 Å². The lowest BCUT2D eigenvalue weighted by molar-refractivity contribution is -0.0705. The second kappa shape index (κ2) is 10.9. The van der Waals surface area contributed by atoms with Gasteiger partial charge < -0.3 is 33.5 Å². The Labute approximate surface area is 263 Å². The Morgan fingerprint density at radius 3 is 2.73 bits per heavy atom. The summed E-state index contributed by atoms with van der Waals surface area (Å²) < 4.78 is 41.5. The summed E-state index contributed by atoms with van der Waals surface area (Å²) in [6.45, 7) is 6.21. The number of hydrogen-bond donors (Lipinski definition) is 1. The zero-order valence-electron chi connectivity index (χ0n) is 24.6. The Morgan fingerprint density at radius 2 is 1.96 bits per heavy atom. The van der Waals surface area contributed by atoms with E-state index in [2.05, 4.69) is 14.4 Å². The third-order valence-corrected chi connectivity index (χ3v) is 9.64. The van der Waals surface area contributed by atoms with E-state index < -0.39 is 17.6 Å². The molecule has 0 bridgehead atoms. The molecular weight excluding hydrogens is 603 g/mol. The number of piperazine rings is 1. The van der Waals surface area contributed by atoms with Crippen molar-refractivity contribution in [2.45, 2.75) is 50.4 Å².